The van der Waals surface area contributed by atoms with Crippen LogP contribution in [0, 0.1) is 23.5 Å². The highest BCUT2D eigenvalue weighted by atomic mass is 19.1. The third kappa shape index (κ3) is 2.78. The molecular weight excluding hydrogens is 400 g/mol. The predicted molar refractivity (Wildman–Crippen MR) is 111 cm³/mol. The number of hydrogen-bond acceptors (Lipinski definition) is 3. The summed E-state index contributed by atoms with van der Waals surface area (Å²) < 4.78 is 32.4. The molecule has 2 aromatic heterocycles. The van der Waals surface area contributed by atoms with Gasteiger partial charge in [0.15, 0.2) is 0 Å². The highest BCUT2D eigenvalue weighted by Gasteiger charge is 2.56. The van der Waals surface area contributed by atoms with E-state index < -0.39 is 23.6 Å². The van der Waals surface area contributed by atoms with Gasteiger partial charge in [-0.05, 0) is 49.1 Å². The van der Waals surface area contributed by atoms with Crippen molar-refractivity contribution in [3.63, 3.8) is 0 Å². The number of aromatic amines is 1. The van der Waals surface area contributed by atoms with E-state index in [1.54, 1.807) is 42.6 Å². The number of nitrogens with one attached hydrogen (secondary N) is 1. The minimum Gasteiger partial charge on any atom is -0.345 e. The molecule has 2 atom stereocenters. The molecule has 1 saturated carbocycles. The third-order valence-electron chi connectivity index (χ3n) is 6.33. The number of rotatable bonds is 4. The van der Waals surface area contributed by atoms with Crippen LogP contribution in [0.25, 0.3) is 22.3 Å². The molecule has 31 heavy (non-hydrogen) atoms. The van der Waals surface area contributed by atoms with Gasteiger partial charge in [0, 0.05) is 30.1 Å². The van der Waals surface area contributed by atoms with Crippen molar-refractivity contribution in [1.82, 2.24) is 19.5 Å². The average molecular weight is 419 g/mol. The van der Waals surface area contributed by atoms with Crippen LogP contribution >= 0.6 is 0 Å². The van der Waals surface area contributed by atoms with Crippen LogP contribution in [0.1, 0.15) is 24.4 Å². The predicted octanol–water partition coefficient (Wildman–Crippen LogP) is 4.36. The number of anilines is 1. The van der Waals surface area contributed by atoms with Gasteiger partial charge in [0.2, 0.25) is 5.91 Å². The van der Waals surface area contributed by atoms with E-state index in [1.807, 2.05) is 6.07 Å². The summed E-state index contributed by atoms with van der Waals surface area (Å²) in [7, 11) is 1.80. The van der Waals surface area contributed by atoms with Crippen molar-refractivity contribution in [3.8, 4) is 11.3 Å². The van der Waals surface area contributed by atoms with Gasteiger partial charge in [-0.1, -0.05) is 0 Å². The Morgan fingerprint density at radius 3 is 2.55 bits per heavy atom. The number of carbonyl (C=O) groups excluding carboxylic acids is 1. The molecule has 2 unspecified atom stereocenters. The zero-order valence-electron chi connectivity index (χ0n) is 16.7. The zero-order chi connectivity index (χ0) is 21.3. The number of imidazole rings is 2. The van der Waals surface area contributed by atoms with Gasteiger partial charge in [-0.25, -0.2) is 18.7 Å². The summed E-state index contributed by atoms with van der Waals surface area (Å²) >= 11 is 0. The van der Waals surface area contributed by atoms with Crippen molar-refractivity contribution in [2.75, 3.05) is 4.90 Å². The van der Waals surface area contributed by atoms with Crippen LogP contribution in [0.15, 0.2) is 49.2 Å². The summed E-state index contributed by atoms with van der Waals surface area (Å²) in [5, 5.41) is 0. The molecule has 1 aliphatic heterocycles. The monoisotopic (exact) mass is 419 g/mol. The van der Waals surface area contributed by atoms with Gasteiger partial charge in [-0.3, -0.25) is 4.79 Å². The van der Waals surface area contributed by atoms with E-state index in [4.69, 9.17) is 0 Å². The summed E-state index contributed by atoms with van der Waals surface area (Å²) in [6.45, 7) is 0. The molecule has 0 radical (unpaired) electrons. The smallest absolute Gasteiger partial charge is 0.233 e. The molecule has 0 spiro atoms. The second-order valence-electron chi connectivity index (χ2n) is 8.40. The zero-order valence-corrected chi connectivity index (χ0v) is 16.7. The molecule has 1 amide bonds. The number of benzene rings is 2. The third-order valence-corrected chi connectivity index (χ3v) is 6.33. The first-order chi connectivity index (χ1) is 15.0. The molecule has 2 fully saturated rings. The number of aryl methyl sites for hydroxylation is 1. The molecule has 156 valence electrons. The number of halogens is 2. The van der Waals surface area contributed by atoms with Gasteiger partial charge in [0.25, 0.3) is 0 Å². The maximum absolute atomic E-state index is 15.3. The highest BCUT2D eigenvalue weighted by Crippen LogP contribution is 2.55. The van der Waals surface area contributed by atoms with Crippen LogP contribution in [-0.2, 0) is 11.8 Å². The van der Waals surface area contributed by atoms with Gasteiger partial charge in [-0.2, -0.15) is 0 Å². The van der Waals surface area contributed by atoms with Crippen molar-refractivity contribution in [3.05, 3.63) is 66.4 Å². The van der Waals surface area contributed by atoms with Crippen LogP contribution in [0.3, 0.4) is 0 Å². The molecule has 3 heterocycles. The summed E-state index contributed by atoms with van der Waals surface area (Å²) in [4.78, 5) is 26.0. The van der Waals surface area contributed by atoms with E-state index in [0.717, 1.165) is 18.4 Å². The molecular formula is C23H19F2N5O. The molecule has 2 aliphatic rings. The van der Waals surface area contributed by atoms with Crippen molar-refractivity contribution < 1.29 is 13.6 Å². The van der Waals surface area contributed by atoms with Gasteiger partial charge >= 0.3 is 0 Å². The molecule has 1 saturated heterocycles. The molecule has 6 rings (SSSR count). The van der Waals surface area contributed by atoms with Crippen molar-refractivity contribution >= 4 is 22.6 Å². The first-order valence-corrected chi connectivity index (χ1v) is 10.2. The highest BCUT2D eigenvalue weighted by molar-refractivity contribution is 6.04. The van der Waals surface area contributed by atoms with E-state index in [0.29, 0.717) is 22.5 Å². The molecule has 0 bridgehead atoms. The number of carbonyl (C=O) groups is 1. The number of H-pyrrole nitrogens is 1. The summed E-state index contributed by atoms with van der Waals surface area (Å²) in [6.07, 6.45) is 6.69. The molecule has 8 heteroatoms. The Morgan fingerprint density at radius 1 is 1.10 bits per heavy atom. The topological polar surface area (TPSA) is 66.8 Å². The van der Waals surface area contributed by atoms with Crippen LogP contribution in [0.2, 0.25) is 0 Å². The van der Waals surface area contributed by atoms with Gasteiger partial charge in [0.05, 0.1) is 41.3 Å². The van der Waals surface area contributed by atoms with Gasteiger partial charge in [0.1, 0.15) is 11.6 Å². The Balaban J connectivity index is 1.44. The fourth-order valence-corrected chi connectivity index (χ4v) is 4.67. The Morgan fingerprint density at radius 2 is 1.87 bits per heavy atom. The maximum Gasteiger partial charge on any atom is 0.233 e. The van der Waals surface area contributed by atoms with Gasteiger partial charge < -0.3 is 14.5 Å². The summed E-state index contributed by atoms with van der Waals surface area (Å²) in [5.74, 6) is -1.63. The minimum atomic E-state index is -0.672. The SMILES string of the molecule is Cn1cnc(-c2cc(F)c(C3C(C4CC4)C(=O)N3c3ccc4[nH]cnc4c3)c(F)c2)c1. The average Bonchev–Trinajstić information content (AvgIpc) is 3.26. The van der Waals surface area contributed by atoms with E-state index in [-0.39, 0.29) is 17.4 Å². The van der Waals surface area contributed by atoms with Crippen molar-refractivity contribution in [2.45, 2.75) is 18.9 Å². The van der Waals surface area contributed by atoms with Gasteiger partial charge in [-0.15, -0.1) is 0 Å². The molecule has 4 aromatic rings. The van der Waals surface area contributed by atoms with Crippen LogP contribution in [0.4, 0.5) is 14.5 Å². The quantitative estimate of drug-likeness (QED) is 0.500. The lowest BCUT2D eigenvalue weighted by molar-refractivity contribution is -0.131. The Kier molecular flexibility index (Phi) is 3.81. The van der Waals surface area contributed by atoms with E-state index in [9.17, 15) is 4.79 Å². The Labute approximate surface area is 176 Å². The molecule has 1 N–H and O–H groups in total. The van der Waals surface area contributed by atoms with Crippen LogP contribution < -0.4 is 4.90 Å². The molecule has 6 nitrogen and oxygen atoms in total. The first-order valence-electron chi connectivity index (χ1n) is 10.2. The summed E-state index contributed by atoms with van der Waals surface area (Å²) in [6, 6.07) is 7.33. The fourth-order valence-electron chi connectivity index (χ4n) is 4.67. The van der Waals surface area contributed by atoms with E-state index in [1.165, 1.54) is 17.0 Å². The fraction of sp³-hybridized carbons (Fsp3) is 0.261. The second-order valence-corrected chi connectivity index (χ2v) is 8.40. The van der Waals surface area contributed by atoms with Crippen molar-refractivity contribution in [2.24, 2.45) is 18.9 Å². The lowest BCUT2D eigenvalue weighted by Gasteiger charge is -2.48. The van der Waals surface area contributed by atoms with Crippen LogP contribution in [0.5, 0.6) is 0 Å². The number of amides is 1. The number of aromatic nitrogens is 4. The summed E-state index contributed by atoms with van der Waals surface area (Å²) in [5.41, 5.74) is 2.94. The van der Waals surface area contributed by atoms with Crippen LogP contribution in [-0.4, -0.2) is 25.4 Å². The number of hydrogen-bond donors (Lipinski definition) is 1. The van der Waals surface area contributed by atoms with Crippen molar-refractivity contribution in [1.29, 1.82) is 0 Å². The lowest BCUT2D eigenvalue weighted by atomic mass is 9.78. The Hall–Kier alpha value is -3.55. The molecule has 2 aromatic carbocycles. The number of nitrogens with zero attached hydrogens (tertiary/aromatic N) is 4. The van der Waals surface area contributed by atoms with E-state index >= 15 is 8.78 Å². The first kappa shape index (κ1) is 18.2. The van der Waals surface area contributed by atoms with E-state index in [2.05, 4.69) is 15.0 Å². The largest absolute Gasteiger partial charge is 0.345 e. The number of β-lactam (4-membered cyclic amide) rings is 1. The Bertz CT molecular complexity index is 1320. The second kappa shape index (κ2) is 6.47. The number of fused-ring (bicyclic) bond motifs is 1. The molecule has 1 aliphatic carbocycles. The normalized spacial score (nSPS) is 21.0. The maximum atomic E-state index is 15.3. The minimum absolute atomic E-state index is 0.0571. The lowest BCUT2D eigenvalue weighted by Crippen LogP contribution is -2.56. The standard InChI is InChI=1S/C23H19F2N5O/c1-29-9-19(28-11-29)13-6-15(24)21(16(25)7-13)22-20(12-2-3-12)23(31)30(22)14-4-5-17-18(8-14)27-10-26-17/h4-12,20,22H,2-3H2,1H3,(H,26,27).